The second-order valence-corrected chi connectivity index (χ2v) is 7.44. The fraction of sp³-hybridized carbons (Fsp3) is 0.182. The molecule has 0 atom stereocenters. The summed E-state index contributed by atoms with van der Waals surface area (Å²) in [5.74, 6) is -0.623. The van der Waals surface area contributed by atoms with Crippen molar-refractivity contribution in [2.24, 2.45) is 0 Å². The van der Waals surface area contributed by atoms with Gasteiger partial charge in [0.2, 0.25) is 0 Å². The number of hydrogen-bond acceptors (Lipinski definition) is 6. The number of aromatic nitrogens is 2. The molecule has 160 valence electrons. The Labute approximate surface area is 186 Å². The molecule has 1 amide bonds. The summed E-state index contributed by atoms with van der Waals surface area (Å²) in [6.45, 7) is 1.72. The highest BCUT2D eigenvalue weighted by Gasteiger charge is 2.14. The quantitative estimate of drug-likeness (QED) is 0.491. The number of carbonyl (C=O) groups is 2. The van der Waals surface area contributed by atoms with Gasteiger partial charge in [0.05, 0.1) is 6.54 Å². The van der Waals surface area contributed by atoms with Gasteiger partial charge in [-0.05, 0) is 48.9 Å². The summed E-state index contributed by atoms with van der Waals surface area (Å²) in [5.41, 5.74) is 1.03. The fourth-order valence-corrected chi connectivity index (χ4v) is 3.12. The zero-order chi connectivity index (χ0) is 22.2. The molecule has 3 rings (SSSR count). The minimum atomic E-state index is -0.805. The molecule has 0 spiro atoms. The van der Waals surface area contributed by atoms with E-state index < -0.39 is 18.5 Å². The monoisotopic (exact) mass is 485 g/mol. The molecule has 0 aliphatic carbocycles. The van der Waals surface area contributed by atoms with E-state index >= 15 is 0 Å². The molecular weight excluding hydrogens is 466 g/mol. The normalized spacial score (nSPS) is 10.4. The standard InChI is InChI=1S/C22H20BrN3O5/c1-15-13-16(23)7-8-18(15)24-20(27)14-31-22(29)19-9-10-21(28)26(25-19)11-12-30-17-5-3-2-4-6-17/h2-10,13H,11-12,14H2,1H3,(H,24,27). The lowest BCUT2D eigenvalue weighted by Crippen LogP contribution is -2.28. The zero-order valence-corrected chi connectivity index (χ0v) is 18.3. The van der Waals surface area contributed by atoms with E-state index in [9.17, 15) is 14.4 Å². The van der Waals surface area contributed by atoms with Gasteiger partial charge in [0.1, 0.15) is 12.4 Å². The number of amides is 1. The van der Waals surface area contributed by atoms with Gasteiger partial charge in [0.25, 0.3) is 11.5 Å². The summed E-state index contributed by atoms with van der Waals surface area (Å²) in [5, 5.41) is 6.68. The smallest absolute Gasteiger partial charge is 0.359 e. The van der Waals surface area contributed by atoms with Crippen molar-refractivity contribution in [2.45, 2.75) is 13.5 Å². The number of anilines is 1. The summed E-state index contributed by atoms with van der Waals surface area (Å²) >= 11 is 3.36. The molecule has 0 fully saturated rings. The number of carbonyl (C=O) groups excluding carboxylic acids is 2. The van der Waals surface area contributed by atoms with Gasteiger partial charge in [-0.1, -0.05) is 34.1 Å². The van der Waals surface area contributed by atoms with Crippen LogP contribution in [-0.2, 0) is 16.1 Å². The summed E-state index contributed by atoms with van der Waals surface area (Å²) in [7, 11) is 0. The number of para-hydroxylation sites is 1. The molecule has 1 N–H and O–H groups in total. The Kier molecular flexibility index (Phi) is 7.55. The van der Waals surface area contributed by atoms with Crippen LogP contribution in [0.3, 0.4) is 0 Å². The van der Waals surface area contributed by atoms with Gasteiger partial charge in [-0.25, -0.2) is 9.48 Å². The van der Waals surface area contributed by atoms with E-state index in [1.807, 2.05) is 31.2 Å². The number of nitrogens with zero attached hydrogens (tertiary/aromatic N) is 2. The molecule has 0 saturated heterocycles. The van der Waals surface area contributed by atoms with Crippen molar-refractivity contribution in [3.05, 3.63) is 86.7 Å². The topological polar surface area (TPSA) is 99.5 Å². The van der Waals surface area contributed by atoms with Crippen molar-refractivity contribution in [3.63, 3.8) is 0 Å². The number of nitrogens with one attached hydrogen (secondary N) is 1. The van der Waals surface area contributed by atoms with E-state index in [1.54, 1.807) is 24.3 Å². The van der Waals surface area contributed by atoms with Crippen LogP contribution in [0.25, 0.3) is 0 Å². The highest BCUT2D eigenvalue weighted by Crippen LogP contribution is 2.19. The van der Waals surface area contributed by atoms with Crippen LogP contribution in [0.4, 0.5) is 5.69 Å². The zero-order valence-electron chi connectivity index (χ0n) is 16.7. The Balaban J connectivity index is 1.54. The number of aryl methyl sites for hydroxylation is 1. The molecule has 0 radical (unpaired) electrons. The average molecular weight is 486 g/mol. The maximum Gasteiger partial charge on any atom is 0.359 e. The molecule has 1 heterocycles. The van der Waals surface area contributed by atoms with Crippen molar-refractivity contribution < 1.29 is 19.1 Å². The van der Waals surface area contributed by atoms with Crippen molar-refractivity contribution in [3.8, 4) is 5.75 Å². The number of benzene rings is 2. The minimum absolute atomic E-state index is 0.0769. The lowest BCUT2D eigenvalue weighted by molar-refractivity contribution is -0.119. The molecule has 1 aromatic heterocycles. The molecule has 3 aromatic rings. The Morgan fingerprint density at radius 1 is 1.10 bits per heavy atom. The first-order valence-electron chi connectivity index (χ1n) is 9.41. The van der Waals surface area contributed by atoms with E-state index in [0.717, 1.165) is 14.7 Å². The van der Waals surface area contributed by atoms with Crippen molar-refractivity contribution in [1.29, 1.82) is 0 Å². The Morgan fingerprint density at radius 3 is 2.61 bits per heavy atom. The van der Waals surface area contributed by atoms with Crippen LogP contribution in [-0.4, -0.2) is 34.9 Å². The highest BCUT2D eigenvalue weighted by atomic mass is 79.9. The third-order valence-electron chi connectivity index (χ3n) is 4.19. The average Bonchev–Trinajstić information content (AvgIpc) is 2.76. The number of hydrogen-bond donors (Lipinski definition) is 1. The van der Waals surface area contributed by atoms with Crippen LogP contribution in [0.1, 0.15) is 16.1 Å². The lowest BCUT2D eigenvalue weighted by Gasteiger charge is -2.10. The predicted molar refractivity (Wildman–Crippen MR) is 118 cm³/mol. The molecule has 0 bridgehead atoms. The largest absolute Gasteiger partial charge is 0.492 e. The van der Waals surface area contributed by atoms with Gasteiger partial charge in [-0.3, -0.25) is 9.59 Å². The maximum absolute atomic E-state index is 12.3. The lowest BCUT2D eigenvalue weighted by atomic mass is 10.2. The van der Waals surface area contributed by atoms with Crippen molar-refractivity contribution >= 4 is 33.5 Å². The molecular formula is C22H20BrN3O5. The van der Waals surface area contributed by atoms with Gasteiger partial charge < -0.3 is 14.8 Å². The summed E-state index contributed by atoms with van der Waals surface area (Å²) < 4.78 is 12.6. The maximum atomic E-state index is 12.3. The molecule has 31 heavy (non-hydrogen) atoms. The summed E-state index contributed by atoms with van der Waals surface area (Å²) in [6.07, 6.45) is 0. The van der Waals surface area contributed by atoms with Crippen LogP contribution in [0.5, 0.6) is 5.75 Å². The van der Waals surface area contributed by atoms with Crippen LogP contribution < -0.4 is 15.6 Å². The van der Waals surface area contributed by atoms with Crippen LogP contribution in [0.2, 0.25) is 0 Å². The van der Waals surface area contributed by atoms with E-state index in [4.69, 9.17) is 9.47 Å². The van der Waals surface area contributed by atoms with Gasteiger partial charge >= 0.3 is 5.97 Å². The number of ether oxygens (including phenoxy) is 2. The van der Waals surface area contributed by atoms with Gasteiger partial charge in [-0.2, -0.15) is 5.10 Å². The van der Waals surface area contributed by atoms with Crippen molar-refractivity contribution in [2.75, 3.05) is 18.5 Å². The van der Waals surface area contributed by atoms with Crippen LogP contribution in [0, 0.1) is 6.92 Å². The number of esters is 1. The predicted octanol–water partition coefficient (Wildman–Crippen LogP) is 3.19. The molecule has 0 unspecified atom stereocenters. The van der Waals surface area contributed by atoms with Crippen molar-refractivity contribution in [1.82, 2.24) is 9.78 Å². The first-order chi connectivity index (χ1) is 14.9. The SMILES string of the molecule is Cc1cc(Br)ccc1NC(=O)COC(=O)c1ccc(=O)n(CCOc2ccccc2)n1. The number of halogens is 1. The third-order valence-corrected chi connectivity index (χ3v) is 4.68. The fourth-order valence-electron chi connectivity index (χ4n) is 2.64. The first-order valence-corrected chi connectivity index (χ1v) is 10.2. The van der Waals surface area contributed by atoms with E-state index in [-0.39, 0.29) is 24.4 Å². The molecule has 2 aromatic carbocycles. The third kappa shape index (κ3) is 6.51. The first kappa shape index (κ1) is 22.2. The molecule has 0 aliphatic heterocycles. The highest BCUT2D eigenvalue weighted by molar-refractivity contribution is 9.10. The van der Waals surface area contributed by atoms with Crippen LogP contribution in [0.15, 0.2) is 69.9 Å². The number of rotatable bonds is 8. The summed E-state index contributed by atoms with van der Waals surface area (Å²) in [4.78, 5) is 36.3. The second kappa shape index (κ2) is 10.5. The minimum Gasteiger partial charge on any atom is -0.492 e. The Hall–Kier alpha value is -3.46. The molecule has 0 aliphatic rings. The van der Waals surface area contributed by atoms with E-state index in [0.29, 0.717) is 11.4 Å². The van der Waals surface area contributed by atoms with E-state index in [1.165, 1.54) is 12.1 Å². The molecule has 8 nitrogen and oxygen atoms in total. The Bertz CT molecular complexity index is 1130. The molecule has 9 heteroatoms. The summed E-state index contributed by atoms with van der Waals surface area (Å²) in [6, 6.07) is 17.0. The van der Waals surface area contributed by atoms with Gasteiger partial charge in [0, 0.05) is 16.2 Å². The van der Waals surface area contributed by atoms with Crippen LogP contribution >= 0.6 is 15.9 Å². The van der Waals surface area contributed by atoms with E-state index in [2.05, 4.69) is 26.3 Å². The molecule has 0 saturated carbocycles. The van der Waals surface area contributed by atoms with Gasteiger partial charge in [-0.15, -0.1) is 0 Å². The second-order valence-electron chi connectivity index (χ2n) is 6.53. The van der Waals surface area contributed by atoms with Gasteiger partial charge in [0.15, 0.2) is 12.3 Å². The Morgan fingerprint density at radius 2 is 1.87 bits per heavy atom.